The predicted octanol–water partition coefficient (Wildman–Crippen LogP) is 4.38. The van der Waals surface area contributed by atoms with Crippen molar-refractivity contribution in [3.63, 3.8) is 0 Å². The fourth-order valence-electron chi connectivity index (χ4n) is 3.48. The minimum absolute atomic E-state index is 0.0883. The number of hydrogen-bond donors (Lipinski definition) is 1. The van der Waals surface area contributed by atoms with Crippen molar-refractivity contribution in [2.45, 2.75) is 19.4 Å². The Morgan fingerprint density at radius 1 is 0.875 bits per heavy atom. The molecule has 0 radical (unpaired) electrons. The summed E-state index contributed by atoms with van der Waals surface area (Å²) in [6, 6.07) is 23.8. The first-order valence-electron chi connectivity index (χ1n) is 10.4. The molecule has 7 nitrogen and oxygen atoms in total. The molecule has 0 spiro atoms. The molecule has 5 rings (SSSR count). The van der Waals surface area contributed by atoms with Gasteiger partial charge in [-0.3, -0.25) is 4.79 Å². The van der Waals surface area contributed by atoms with Gasteiger partial charge in [0.2, 0.25) is 24.4 Å². The second-order valence-electron chi connectivity index (χ2n) is 7.42. The first kappa shape index (κ1) is 19.8. The fourth-order valence-corrected chi connectivity index (χ4v) is 3.48. The number of hydrogen-bond acceptors (Lipinski definition) is 6. The number of carbonyl (C=O) groups excluding carboxylic acids is 1. The zero-order valence-electron chi connectivity index (χ0n) is 17.3. The molecule has 160 valence electrons. The maximum Gasteiger partial charge on any atom is 0.231 e. The molecular weight excluding hydrogens is 406 g/mol. The maximum atomic E-state index is 12.2. The zero-order valence-corrected chi connectivity index (χ0v) is 17.3. The van der Waals surface area contributed by atoms with Crippen LogP contribution in [0.3, 0.4) is 0 Å². The summed E-state index contributed by atoms with van der Waals surface area (Å²) in [6.07, 6.45) is 0.640. The topological polar surface area (TPSA) is 86.5 Å². The van der Waals surface area contributed by atoms with E-state index in [4.69, 9.17) is 14.0 Å². The molecule has 0 bridgehead atoms. The van der Waals surface area contributed by atoms with Crippen LogP contribution >= 0.6 is 0 Å². The molecule has 1 N–H and O–H groups in total. The van der Waals surface area contributed by atoms with E-state index in [1.54, 1.807) is 0 Å². The van der Waals surface area contributed by atoms with E-state index in [1.807, 2.05) is 60.7 Å². The smallest absolute Gasteiger partial charge is 0.231 e. The van der Waals surface area contributed by atoms with Gasteiger partial charge in [-0.05, 0) is 28.8 Å². The van der Waals surface area contributed by atoms with Crippen LogP contribution in [-0.2, 0) is 17.8 Å². The van der Waals surface area contributed by atoms with E-state index >= 15 is 0 Å². The van der Waals surface area contributed by atoms with Gasteiger partial charge in [0.05, 0.1) is 0 Å². The van der Waals surface area contributed by atoms with E-state index in [0.29, 0.717) is 30.4 Å². The molecule has 0 atom stereocenters. The van der Waals surface area contributed by atoms with Crippen LogP contribution < -0.4 is 14.8 Å². The van der Waals surface area contributed by atoms with Crippen molar-refractivity contribution >= 4 is 5.91 Å². The Labute approximate surface area is 185 Å². The van der Waals surface area contributed by atoms with Crippen molar-refractivity contribution < 1.29 is 18.8 Å². The lowest BCUT2D eigenvalue weighted by Gasteiger charge is -2.05. The molecule has 32 heavy (non-hydrogen) atoms. The average molecular weight is 427 g/mol. The van der Waals surface area contributed by atoms with Crippen molar-refractivity contribution in [3.05, 3.63) is 84.3 Å². The van der Waals surface area contributed by atoms with E-state index in [0.717, 1.165) is 28.0 Å². The number of rotatable bonds is 7. The molecule has 1 amide bonds. The Hall–Kier alpha value is -4.13. The molecule has 0 aliphatic carbocycles. The Morgan fingerprint density at radius 3 is 2.47 bits per heavy atom. The normalized spacial score (nSPS) is 12.0. The number of fused-ring (bicyclic) bond motifs is 1. The summed E-state index contributed by atoms with van der Waals surface area (Å²) in [5, 5.41) is 6.95. The first-order chi connectivity index (χ1) is 15.7. The number of aryl methyl sites for hydroxylation is 1. The third kappa shape index (κ3) is 4.46. The largest absolute Gasteiger partial charge is 0.454 e. The Morgan fingerprint density at radius 2 is 1.62 bits per heavy atom. The number of nitrogens with zero attached hydrogens (tertiary/aromatic N) is 2. The van der Waals surface area contributed by atoms with Crippen molar-refractivity contribution in [3.8, 4) is 34.0 Å². The van der Waals surface area contributed by atoms with Crippen LogP contribution in [0.4, 0.5) is 0 Å². The lowest BCUT2D eigenvalue weighted by Crippen LogP contribution is -2.23. The van der Waals surface area contributed by atoms with Gasteiger partial charge < -0.3 is 19.3 Å². The van der Waals surface area contributed by atoms with Gasteiger partial charge >= 0.3 is 0 Å². The second-order valence-corrected chi connectivity index (χ2v) is 7.42. The third-order valence-electron chi connectivity index (χ3n) is 5.21. The first-order valence-corrected chi connectivity index (χ1v) is 10.4. The summed E-state index contributed by atoms with van der Waals surface area (Å²) in [4.78, 5) is 16.6. The highest BCUT2D eigenvalue weighted by Crippen LogP contribution is 2.32. The lowest BCUT2D eigenvalue weighted by molar-refractivity contribution is -0.121. The molecule has 4 aromatic rings. The number of carbonyl (C=O) groups is 1. The molecule has 0 saturated heterocycles. The van der Waals surface area contributed by atoms with Crippen molar-refractivity contribution in [2.24, 2.45) is 0 Å². The number of benzene rings is 3. The van der Waals surface area contributed by atoms with Gasteiger partial charge in [0.15, 0.2) is 11.5 Å². The summed E-state index contributed by atoms with van der Waals surface area (Å²) >= 11 is 0. The van der Waals surface area contributed by atoms with Gasteiger partial charge in [-0.25, -0.2) is 0 Å². The van der Waals surface area contributed by atoms with Crippen molar-refractivity contribution in [1.82, 2.24) is 15.5 Å². The number of nitrogens with one attached hydrogen (secondary N) is 1. The summed E-state index contributed by atoms with van der Waals surface area (Å²) in [5.74, 6) is 2.29. The zero-order chi connectivity index (χ0) is 21.8. The highest BCUT2D eigenvalue weighted by Gasteiger charge is 2.14. The predicted molar refractivity (Wildman–Crippen MR) is 118 cm³/mol. The molecular formula is C25H21N3O4. The van der Waals surface area contributed by atoms with E-state index in [2.05, 4.69) is 27.6 Å². The number of ether oxygens (including phenoxy) is 2. The van der Waals surface area contributed by atoms with Crippen molar-refractivity contribution in [1.29, 1.82) is 0 Å². The maximum absolute atomic E-state index is 12.2. The van der Waals surface area contributed by atoms with E-state index < -0.39 is 0 Å². The molecule has 0 unspecified atom stereocenters. The van der Waals surface area contributed by atoms with Gasteiger partial charge in [-0.2, -0.15) is 4.98 Å². The number of aromatic nitrogens is 2. The summed E-state index contributed by atoms with van der Waals surface area (Å²) < 4.78 is 16.0. The van der Waals surface area contributed by atoms with Crippen LogP contribution in [0.2, 0.25) is 0 Å². The minimum Gasteiger partial charge on any atom is -0.454 e. The summed E-state index contributed by atoms with van der Waals surface area (Å²) in [5.41, 5.74) is 4.09. The molecule has 0 fully saturated rings. The Bertz CT molecular complexity index is 1220. The Kier molecular flexibility index (Phi) is 5.53. The van der Waals surface area contributed by atoms with Crippen LogP contribution in [0.5, 0.6) is 11.5 Å². The molecule has 2 heterocycles. The van der Waals surface area contributed by atoms with Crippen LogP contribution in [-0.4, -0.2) is 22.8 Å². The quantitative estimate of drug-likeness (QED) is 0.471. The molecule has 3 aromatic carbocycles. The van der Waals surface area contributed by atoms with E-state index in [-0.39, 0.29) is 19.1 Å². The molecule has 1 aliphatic heterocycles. The standard InChI is InChI=1S/C25H21N3O4/c29-23(26-15-17-6-11-21-22(14-17)31-16-30-21)12-13-24-27-25(28-32-24)20-9-7-19(8-10-20)18-4-2-1-3-5-18/h1-11,14H,12-13,15-16H2,(H,26,29). The second kappa shape index (κ2) is 8.93. The fraction of sp³-hybridized carbons (Fsp3) is 0.160. The lowest BCUT2D eigenvalue weighted by atomic mass is 10.0. The van der Waals surface area contributed by atoms with Crippen LogP contribution in [0.15, 0.2) is 77.3 Å². The molecule has 1 aromatic heterocycles. The summed E-state index contributed by atoms with van der Waals surface area (Å²) in [7, 11) is 0. The van der Waals surface area contributed by atoms with Gasteiger partial charge in [-0.15, -0.1) is 0 Å². The van der Waals surface area contributed by atoms with Gasteiger partial charge in [-0.1, -0.05) is 65.8 Å². The Balaban J connectivity index is 1.14. The highest BCUT2D eigenvalue weighted by atomic mass is 16.7. The van der Waals surface area contributed by atoms with Crippen LogP contribution in [0, 0.1) is 0 Å². The van der Waals surface area contributed by atoms with Crippen LogP contribution in [0.1, 0.15) is 17.9 Å². The monoisotopic (exact) mass is 427 g/mol. The highest BCUT2D eigenvalue weighted by molar-refractivity contribution is 5.76. The average Bonchev–Trinajstić information content (AvgIpc) is 3.51. The van der Waals surface area contributed by atoms with E-state index in [1.165, 1.54) is 0 Å². The van der Waals surface area contributed by atoms with Gasteiger partial charge in [0.25, 0.3) is 0 Å². The summed E-state index contributed by atoms with van der Waals surface area (Å²) in [6.45, 7) is 0.646. The molecule has 1 aliphatic rings. The number of amides is 1. The van der Waals surface area contributed by atoms with Gasteiger partial charge in [0, 0.05) is 24.9 Å². The van der Waals surface area contributed by atoms with E-state index in [9.17, 15) is 4.79 Å². The van der Waals surface area contributed by atoms with Crippen molar-refractivity contribution in [2.75, 3.05) is 6.79 Å². The SMILES string of the molecule is O=C(CCc1nc(-c2ccc(-c3ccccc3)cc2)no1)NCc1ccc2c(c1)OCO2. The van der Waals surface area contributed by atoms with Crippen LogP contribution in [0.25, 0.3) is 22.5 Å². The molecule has 0 saturated carbocycles. The minimum atomic E-state index is -0.0883. The molecule has 7 heteroatoms. The van der Waals surface area contributed by atoms with Gasteiger partial charge in [0.1, 0.15) is 0 Å². The third-order valence-corrected chi connectivity index (χ3v) is 5.21.